The first-order chi connectivity index (χ1) is 8.88. The molecule has 2 aromatic rings. The standard InChI is InChI=1S/C13H16N4S/c1-14-13-11(15-16-18-13)9-17-8-4-6-10-5-2-3-7-12(10)17/h2-3,5,7,14H,4,6,8-9H2,1H3. The Morgan fingerprint density at radius 3 is 3.17 bits per heavy atom. The first-order valence-electron chi connectivity index (χ1n) is 6.20. The van der Waals surface area contributed by atoms with Crippen molar-refractivity contribution in [3.8, 4) is 0 Å². The normalized spacial score (nSPS) is 14.4. The predicted octanol–water partition coefficient (Wildman–Crippen LogP) is 2.53. The van der Waals surface area contributed by atoms with E-state index in [1.807, 2.05) is 7.05 Å². The number of aromatic nitrogens is 2. The number of hydrogen-bond donors (Lipinski definition) is 1. The molecule has 18 heavy (non-hydrogen) atoms. The van der Waals surface area contributed by atoms with Crippen LogP contribution in [0.2, 0.25) is 0 Å². The Bertz CT molecular complexity index is 537. The molecule has 0 saturated heterocycles. The highest BCUT2D eigenvalue weighted by molar-refractivity contribution is 7.10. The van der Waals surface area contributed by atoms with Crippen LogP contribution in [0.25, 0.3) is 0 Å². The fourth-order valence-electron chi connectivity index (χ4n) is 2.46. The molecule has 0 radical (unpaired) electrons. The smallest absolute Gasteiger partial charge is 0.134 e. The van der Waals surface area contributed by atoms with Gasteiger partial charge in [-0.25, -0.2) is 0 Å². The molecule has 1 aliphatic heterocycles. The molecule has 0 bridgehead atoms. The van der Waals surface area contributed by atoms with E-state index >= 15 is 0 Å². The SMILES string of the molecule is CNc1snnc1CN1CCCc2ccccc21. The zero-order valence-electron chi connectivity index (χ0n) is 10.4. The van der Waals surface area contributed by atoms with Crippen LogP contribution < -0.4 is 10.2 Å². The lowest BCUT2D eigenvalue weighted by Crippen LogP contribution is -2.29. The Hall–Kier alpha value is -1.62. The molecule has 1 aromatic heterocycles. The van der Waals surface area contributed by atoms with Crippen molar-refractivity contribution in [2.24, 2.45) is 0 Å². The third-order valence-corrected chi connectivity index (χ3v) is 4.12. The number of aryl methyl sites for hydroxylation is 1. The van der Waals surface area contributed by atoms with Crippen molar-refractivity contribution < 1.29 is 0 Å². The van der Waals surface area contributed by atoms with Crippen LogP contribution in [0.4, 0.5) is 10.7 Å². The average Bonchev–Trinajstić information content (AvgIpc) is 2.86. The lowest BCUT2D eigenvalue weighted by atomic mass is 10.0. The third-order valence-electron chi connectivity index (χ3n) is 3.33. The maximum Gasteiger partial charge on any atom is 0.134 e. The van der Waals surface area contributed by atoms with Gasteiger partial charge in [0.1, 0.15) is 10.7 Å². The van der Waals surface area contributed by atoms with Crippen molar-refractivity contribution in [2.75, 3.05) is 23.8 Å². The molecule has 1 aliphatic rings. The minimum absolute atomic E-state index is 0.837. The molecule has 5 heteroatoms. The van der Waals surface area contributed by atoms with E-state index in [1.54, 1.807) is 0 Å². The number of rotatable bonds is 3. The molecule has 0 fully saturated rings. The third kappa shape index (κ3) is 2.06. The summed E-state index contributed by atoms with van der Waals surface area (Å²) in [6.45, 7) is 1.93. The number of para-hydroxylation sites is 1. The van der Waals surface area contributed by atoms with Crippen molar-refractivity contribution in [1.82, 2.24) is 9.59 Å². The Kier molecular flexibility index (Phi) is 3.15. The van der Waals surface area contributed by atoms with E-state index in [2.05, 4.69) is 44.1 Å². The minimum atomic E-state index is 0.837. The summed E-state index contributed by atoms with van der Waals surface area (Å²) >= 11 is 1.42. The first-order valence-corrected chi connectivity index (χ1v) is 6.97. The number of nitrogens with zero attached hydrogens (tertiary/aromatic N) is 3. The van der Waals surface area contributed by atoms with Gasteiger partial charge in [-0.1, -0.05) is 22.7 Å². The van der Waals surface area contributed by atoms with E-state index in [9.17, 15) is 0 Å². The van der Waals surface area contributed by atoms with Gasteiger partial charge in [0.2, 0.25) is 0 Å². The quantitative estimate of drug-likeness (QED) is 0.920. The molecule has 2 heterocycles. The number of hydrogen-bond acceptors (Lipinski definition) is 5. The van der Waals surface area contributed by atoms with Crippen LogP contribution in [-0.4, -0.2) is 23.2 Å². The summed E-state index contributed by atoms with van der Waals surface area (Å²) in [5.74, 6) is 0. The van der Waals surface area contributed by atoms with E-state index in [-0.39, 0.29) is 0 Å². The molecule has 4 nitrogen and oxygen atoms in total. The molecular formula is C13H16N4S. The fourth-order valence-corrected chi connectivity index (χ4v) is 2.98. The predicted molar refractivity (Wildman–Crippen MR) is 75.3 cm³/mol. The largest absolute Gasteiger partial charge is 0.377 e. The van der Waals surface area contributed by atoms with Crippen LogP contribution in [-0.2, 0) is 13.0 Å². The van der Waals surface area contributed by atoms with E-state index in [0.29, 0.717) is 0 Å². The van der Waals surface area contributed by atoms with E-state index in [1.165, 1.54) is 35.6 Å². The second-order valence-electron chi connectivity index (χ2n) is 4.45. The molecule has 1 N–H and O–H groups in total. The molecular weight excluding hydrogens is 244 g/mol. The summed E-state index contributed by atoms with van der Waals surface area (Å²) in [7, 11) is 1.92. The van der Waals surface area contributed by atoms with Gasteiger partial charge in [-0.2, -0.15) is 0 Å². The topological polar surface area (TPSA) is 41.1 Å². The molecule has 0 amide bonds. The van der Waals surface area contributed by atoms with Crippen LogP contribution in [0.15, 0.2) is 24.3 Å². The van der Waals surface area contributed by atoms with Crippen LogP contribution in [0.5, 0.6) is 0 Å². The van der Waals surface area contributed by atoms with Crippen molar-refractivity contribution in [3.63, 3.8) is 0 Å². The number of benzene rings is 1. The molecule has 0 aliphatic carbocycles. The summed E-state index contributed by atoms with van der Waals surface area (Å²) in [5.41, 5.74) is 3.83. The van der Waals surface area contributed by atoms with Gasteiger partial charge in [-0.05, 0) is 24.5 Å². The molecule has 1 aromatic carbocycles. The fraction of sp³-hybridized carbons (Fsp3) is 0.385. The summed E-state index contributed by atoms with van der Waals surface area (Å²) in [4.78, 5) is 2.40. The van der Waals surface area contributed by atoms with Gasteiger partial charge in [-0.15, -0.1) is 5.10 Å². The molecule has 0 unspecified atom stereocenters. The summed E-state index contributed by atoms with van der Waals surface area (Å²) in [6, 6.07) is 8.65. The number of fused-ring (bicyclic) bond motifs is 1. The Labute approximate surface area is 111 Å². The Balaban J connectivity index is 1.86. The van der Waals surface area contributed by atoms with Crippen LogP contribution in [0.1, 0.15) is 17.7 Å². The van der Waals surface area contributed by atoms with Gasteiger partial charge < -0.3 is 10.2 Å². The van der Waals surface area contributed by atoms with Gasteiger partial charge in [0.05, 0.1) is 6.54 Å². The lowest BCUT2D eigenvalue weighted by molar-refractivity contribution is 0.683. The first kappa shape index (κ1) is 11.5. The molecule has 3 rings (SSSR count). The maximum absolute atomic E-state index is 4.22. The molecule has 0 atom stereocenters. The molecule has 94 valence electrons. The highest BCUT2D eigenvalue weighted by Gasteiger charge is 2.18. The molecule has 0 saturated carbocycles. The highest BCUT2D eigenvalue weighted by Crippen LogP contribution is 2.29. The summed E-state index contributed by atoms with van der Waals surface area (Å²) < 4.78 is 4.02. The van der Waals surface area contributed by atoms with Crippen LogP contribution in [0, 0.1) is 0 Å². The second kappa shape index (κ2) is 4.94. The maximum atomic E-state index is 4.22. The van der Waals surface area contributed by atoms with Crippen molar-refractivity contribution in [3.05, 3.63) is 35.5 Å². The number of nitrogens with one attached hydrogen (secondary N) is 1. The van der Waals surface area contributed by atoms with Crippen molar-refractivity contribution in [1.29, 1.82) is 0 Å². The van der Waals surface area contributed by atoms with E-state index in [4.69, 9.17) is 0 Å². The lowest BCUT2D eigenvalue weighted by Gasteiger charge is -2.30. The van der Waals surface area contributed by atoms with Gasteiger partial charge in [-0.3, -0.25) is 0 Å². The minimum Gasteiger partial charge on any atom is -0.377 e. The Morgan fingerprint density at radius 2 is 2.28 bits per heavy atom. The van der Waals surface area contributed by atoms with Gasteiger partial charge >= 0.3 is 0 Å². The molecule has 0 spiro atoms. The van der Waals surface area contributed by atoms with Crippen molar-refractivity contribution >= 4 is 22.2 Å². The summed E-state index contributed by atoms with van der Waals surface area (Å²) in [6.07, 6.45) is 2.39. The number of anilines is 2. The van der Waals surface area contributed by atoms with E-state index < -0.39 is 0 Å². The monoisotopic (exact) mass is 260 g/mol. The highest BCUT2D eigenvalue weighted by atomic mass is 32.1. The Morgan fingerprint density at radius 1 is 1.39 bits per heavy atom. The van der Waals surface area contributed by atoms with Crippen molar-refractivity contribution in [2.45, 2.75) is 19.4 Å². The van der Waals surface area contributed by atoms with Crippen LogP contribution in [0.3, 0.4) is 0 Å². The van der Waals surface area contributed by atoms with Crippen LogP contribution >= 0.6 is 11.5 Å². The zero-order valence-corrected chi connectivity index (χ0v) is 11.2. The second-order valence-corrected chi connectivity index (χ2v) is 5.21. The van der Waals surface area contributed by atoms with Gasteiger partial charge in [0.15, 0.2) is 0 Å². The van der Waals surface area contributed by atoms with E-state index in [0.717, 1.165) is 23.8 Å². The summed E-state index contributed by atoms with van der Waals surface area (Å²) in [5, 5.41) is 8.44. The zero-order chi connectivity index (χ0) is 12.4. The van der Waals surface area contributed by atoms with Gasteiger partial charge in [0, 0.05) is 30.8 Å². The average molecular weight is 260 g/mol. The van der Waals surface area contributed by atoms with Gasteiger partial charge in [0.25, 0.3) is 0 Å².